The van der Waals surface area contributed by atoms with Gasteiger partial charge < -0.3 is 0 Å². The molecule has 0 saturated carbocycles. The maximum Gasteiger partial charge on any atom is 0.0385 e. The summed E-state index contributed by atoms with van der Waals surface area (Å²) in [6.45, 7) is 7.36. The van der Waals surface area contributed by atoms with Crippen molar-refractivity contribution >= 4 is 5.71 Å². The van der Waals surface area contributed by atoms with Gasteiger partial charge in [-0.1, -0.05) is 13.8 Å². The number of hydrogen-bond acceptors (Lipinski definition) is 1. The molecule has 0 rings (SSSR count). The molecule has 1 nitrogen and oxygen atoms in total. The Balaban J connectivity index is 3.26. The van der Waals surface area contributed by atoms with E-state index in [1.54, 1.807) is 0 Å². The van der Waals surface area contributed by atoms with Crippen LogP contribution in [0.25, 0.3) is 0 Å². The summed E-state index contributed by atoms with van der Waals surface area (Å²) >= 11 is 0. The van der Waals surface area contributed by atoms with Crippen molar-refractivity contribution in [1.29, 1.82) is 0 Å². The molecule has 0 aromatic carbocycles. The summed E-state index contributed by atoms with van der Waals surface area (Å²) < 4.78 is 0. The lowest BCUT2D eigenvalue weighted by Gasteiger charge is -1.91. The first-order valence-corrected chi connectivity index (χ1v) is 3.31. The first-order valence-electron chi connectivity index (χ1n) is 3.31. The normalized spacial score (nSPS) is 12.1. The maximum atomic E-state index is 4.28. The van der Waals surface area contributed by atoms with Crippen LogP contribution in [-0.4, -0.2) is 12.3 Å². The molecule has 0 radical (unpaired) electrons. The molecule has 0 bridgehead atoms. The Hall–Kier alpha value is -0.330. The van der Waals surface area contributed by atoms with Gasteiger partial charge in [0.1, 0.15) is 0 Å². The van der Waals surface area contributed by atoms with Gasteiger partial charge in [0.2, 0.25) is 0 Å². The van der Waals surface area contributed by atoms with Gasteiger partial charge in [0.25, 0.3) is 0 Å². The van der Waals surface area contributed by atoms with E-state index in [0.717, 1.165) is 19.4 Å². The molecule has 0 aliphatic carbocycles. The second-order valence-corrected chi connectivity index (χ2v) is 1.97. The molecule has 0 fully saturated rings. The summed E-state index contributed by atoms with van der Waals surface area (Å²) in [5.41, 5.74) is 1.27. The van der Waals surface area contributed by atoms with Crippen molar-refractivity contribution in [2.75, 3.05) is 6.54 Å². The fourth-order valence-corrected chi connectivity index (χ4v) is 0.414. The van der Waals surface area contributed by atoms with E-state index in [1.807, 2.05) is 0 Å². The lowest BCUT2D eigenvalue weighted by Crippen LogP contribution is -1.88. The molecule has 0 aromatic rings. The molecular formula is C7H15N. The van der Waals surface area contributed by atoms with E-state index in [9.17, 15) is 0 Å². The topological polar surface area (TPSA) is 12.4 Å². The monoisotopic (exact) mass is 113 g/mol. The molecule has 8 heavy (non-hydrogen) atoms. The molecule has 0 saturated heterocycles. The average Bonchev–Trinajstić information content (AvgIpc) is 1.83. The van der Waals surface area contributed by atoms with E-state index in [0.29, 0.717) is 0 Å². The highest BCUT2D eigenvalue weighted by Crippen LogP contribution is 1.85. The summed E-state index contributed by atoms with van der Waals surface area (Å²) in [7, 11) is 0. The molecule has 0 N–H and O–H groups in total. The molecule has 48 valence electrons. The molecule has 0 aliphatic heterocycles. The third-order valence-electron chi connectivity index (χ3n) is 1.12. The van der Waals surface area contributed by atoms with Crippen LogP contribution in [0.15, 0.2) is 4.99 Å². The highest BCUT2D eigenvalue weighted by molar-refractivity contribution is 5.81. The number of nitrogens with zero attached hydrogens (tertiary/aromatic N) is 1. The Morgan fingerprint density at radius 2 is 2.00 bits per heavy atom. The second kappa shape index (κ2) is 4.82. The highest BCUT2D eigenvalue weighted by atomic mass is 14.7. The smallest absolute Gasteiger partial charge is 0.0385 e. The zero-order valence-corrected chi connectivity index (χ0v) is 6.07. The van der Waals surface area contributed by atoms with E-state index in [-0.39, 0.29) is 0 Å². The fraction of sp³-hybridized carbons (Fsp3) is 0.857. The molecule has 0 atom stereocenters. The van der Waals surface area contributed by atoms with E-state index < -0.39 is 0 Å². The van der Waals surface area contributed by atoms with Crippen molar-refractivity contribution < 1.29 is 0 Å². The molecule has 1 heteroatoms. The SMILES string of the molecule is CCC/N=C(/C)CC. The third kappa shape index (κ3) is 3.85. The van der Waals surface area contributed by atoms with Crippen LogP contribution in [0.3, 0.4) is 0 Å². The Bertz CT molecular complexity index is 74.5. The lowest BCUT2D eigenvalue weighted by atomic mass is 10.3. The summed E-state index contributed by atoms with van der Waals surface area (Å²) in [6, 6.07) is 0. The van der Waals surface area contributed by atoms with Crippen molar-refractivity contribution in [2.24, 2.45) is 4.99 Å². The minimum absolute atomic E-state index is 1.000. The van der Waals surface area contributed by atoms with Gasteiger partial charge in [-0.05, 0) is 19.8 Å². The van der Waals surface area contributed by atoms with Gasteiger partial charge in [0.15, 0.2) is 0 Å². The molecule has 0 aromatic heterocycles. The lowest BCUT2D eigenvalue weighted by molar-refractivity contribution is 0.925. The van der Waals surface area contributed by atoms with Gasteiger partial charge in [0.05, 0.1) is 0 Å². The van der Waals surface area contributed by atoms with Gasteiger partial charge in [-0.2, -0.15) is 0 Å². The molecule has 0 aliphatic rings. The third-order valence-corrected chi connectivity index (χ3v) is 1.12. The highest BCUT2D eigenvalue weighted by Gasteiger charge is 1.80. The quantitative estimate of drug-likeness (QED) is 0.498. The number of hydrogen-bond donors (Lipinski definition) is 0. The Kier molecular flexibility index (Phi) is 4.62. The van der Waals surface area contributed by atoms with Crippen molar-refractivity contribution in [1.82, 2.24) is 0 Å². The molecule has 0 unspecified atom stereocenters. The van der Waals surface area contributed by atoms with E-state index in [1.165, 1.54) is 5.71 Å². The van der Waals surface area contributed by atoms with E-state index >= 15 is 0 Å². The Labute approximate surface area is 51.8 Å². The Morgan fingerprint density at radius 3 is 2.38 bits per heavy atom. The van der Waals surface area contributed by atoms with Gasteiger partial charge in [-0.3, -0.25) is 4.99 Å². The van der Waals surface area contributed by atoms with Gasteiger partial charge >= 0.3 is 0 Å². The van der Waals surface area contributed by atoms with Crippen molar-refractivity contribution in [3.05, 3.63) is 0 Å². The minimum Gasteiger partial charge on any atom is -0.294 e. The molecular weight excluding hydrogens is 98.1 g/mol. The van der Waals surface area contributed by atoms with Crippen LogP contribution in [0, 0.1) is 0 Å². The zero-order chi connectivity index (χ0) is 6.41. The van der Waals surface area contributed by atoms with E-state index in [4.69, 9.17) is 0 Å². The van der Waals surface area contributed by atoms with Gasteiger partial charge in [-0.25, -0.2) is 0 Å². The molecule has 0 amide bonds. The van der Waals surface area contributed by atoms with Crippen LogP contribution in [0.2, 0.25) is 0 Å². The summed E-state index contributed by atoms with van der Waals surface area (Å²) in [6.07, 6.45) is 2.26. The average molecular weight is 113 g/mol. The summed E-state index contributed by atoms with van der Waals surface area (Å²) in [4.78, 5) is 4.28. The van der Waals surface area contributed by atoms with Crippen molar-refractivity contribution in [3.8, 4) is 0 Å². The van der Waals surface area contributed by atoms with Crippen LogP contribution in [-0.2, 0) is 0 Å². The number of aliphatic imine (C=N–C) groups is 1. The van der Waals surface area contributed by atoms with Crippen LogP contribution in [0.5, 0.6) is 0 Å². The molecule has 0 spiro atoms. The second-order valence-electron chi connectivity index (χ2n) is 1.97. The Morgan fingerprint density at radius 1 is 1.38 bits per heavy atom. The predicted molar refractivity (Wildman–Crippen MR) is 38.6 cm³/mol. The first kappa shape index (κ1) is 7.67. The summed E-state index contributed by atoms with van der Waals surface area (Å²) in [5, 5.41) is 0. The maximum absolute atomic E-state index is 4.28. The number of rotatable bonds is 3. The van der Waals surface area contributed by atoms with Crippen LogP contribution in [0.1, 0.15) is 33.6 Å². The predicted octanol–water partition coefficient (Wildman–Crippen LogP) is 2.27. The van der Waals surface area contributed by atoms with Crippen molar-refractivity contribution in [3.63, 3.8) is 0 Å². The van der Waals surface area contributed by atoms with Gasteiger partial charge in [0, 0.05) is 12.3 Å². The van der Waals surface area contributed by atoms with Crippen LogP contribution in [0.4, 0.5) is 0 Å². The standard InChI is InChI=1S/C7H15N/c1-4-6-8-7(3)5-2/h4-6H2,1-3H3/b8-7-. The van der Waals surface area contributed by atoms with E-state index in [2.05, 4.69) is 25.8 Å². The first-order chi connectivity index (χ1) is 3.81. The zero-order valence-electron chi connectivity index (χ0n) is 6.07. The van der Waals surface area contributed by atoms with Crippen LogP contribution >= 0.6 is 0 Å². The van der Waals surface area contributed by atoms with Gasteiger partial charge in [-0.15, -0.1) is 0 Å². The largest absolute Gasteiger partial charge is 0.294 e. The van der Waals surface area contributed by atoms with Crippen LogP contribution < -0.4 is 0 Å². The molecule has 0 heterocycles. The fourth-order valence-electron chi connectivity index (χ4n) is 0.414. The minimum atomic E-state index is 1.000. The van der Waals surface area contributed by atoms with Crippen molar-refractivity contribution in [2.45, 2.75) is 33.6 Å². The summed E-state index contributed by atoms with van der Waals surface area (Å²) in [5.74, 6) is 0.